The second-order valence-electron chi connectivity index (χ2n) is 6.14. The zero-order valence-corrected chi connectivity index (χ0v) is 17.5. The molecule has 0 spiro atoms. The molecule has 0 aliphatic rings. The topological polar surface area (TPSA) is 96.0 Å². The van der Waals surface area contributed by atoms with Gasteiger partial charge in [-0.1, -0.05) is 6.07 Å². The van der Waals surface area contributed by atoms with Crippen molar-refractivity contribution >= 4 is 23.8 Å². The Balaban J connectivity index is 2.43. The molecule has 1 aromatic carbocycles. The van der Waals surface area contributed by atoms with Gasteiger partial charge in [-0.05, 0) is 42.3 Å². The summed E-state index contributed by atoms with van der Waals surface area (Å²) in [6.45, 7) is 1.42. The fourth-order valence-corrected chi connectivity index (χ4v) is 3.62. The molecule has 31 heavy (non-hydrogen) atoms. The zero-order chi connectivity index (χ0) is 23.2. The standard InChI is InChI=1S/C21H16F3N3O3S/c1-12-6-18(21(22,23)24)27-19(16(12)10-26)31-11-15-8-13(4-5-17(15)29-2)7-14(9-25)20(28)30-3/h4-8H,11H2,1-3H3/b14-7-. The SMILES string of the molecule is COC(=O)/C(C#N)=C\c1ccc(OC)c(CSc2nc(C(F)(F)F)cc(C)c2C#N)c1. The van der Waals surface area contributed by atoms with Gasteiger partial charge in [0.2, 0.25) is 0 Å². The summed E-state index contributed by atoms with van der Waals surface area (Å²) in [5, 5.41) is 18.4. The summed E-state index contributed by atoms with van der Waals surface area (Å²) < 4.78 is 49.2. The number of benzene rings is 1. The van der Waals surface area contributed by atoms with Crippen LogP contribution in [0.4, 0.5) is 13.2 Å². The molecule has 6 nitrogen and oxygen atoms in total. The van der Waals surface area contributed by atoms with Gasteiger partial charge in [-0.25, -0.2) is 9.78 Å². The predicted molar refractivity (Wildman–Crippen MR) is 107 cm³/mol. The van der Waals surface area contributed by atoms with E-state index in [1.165, 1.54) is 20.1 Å². The van der Waals surface area contributed by atoms with Crippen LogP contribution in [0.3, 0.4) is 0 Å². The summed E-state index contributed by atoms with van der Waals surface area (Å²) in [6, 6.07) is 9.31. The molecule has 0 bridgehead atoms. The Hall–Kier alpha value is -3.50. The Labute approximate surface area is 180 Å². The molecule has 2 aromatic rings. The van der Waals surface area contributed by atoms with Gasteiger partial charge in [0, 0.05) is 11.3 Å². The van der Waals surface area contributed by atoms with Gasteiger partial charge in [0.25, 0.3) is 0 Å². The normalized spacial score (nSPS) is 11.4. The Morgan fingerprint density at radius 3 is 2.52 bits per heavy atom. The summed E-state index contributed by atoms with van der Waals surface area (Å²) in [5.74, 6) is -0.215. The molecule has 1 heterocycles. The van der Waals surface area contributed by atoms with Crippen LogP contribution in [-0.4, -0.2) is 25.2 Å². The molecule has 0 atom stereocenters. The Kier molecular flexibility index (Phi) is 7.67. The highest BCUT2D eigenvalue weighted by Gasteiger charge is 2.34. The van der Waals surface area contributed by atoms with Gasteiger partial charge in [-0.2, -0.15) is 23.7 Å². The molecular formula is C21H16F3N3O3S. The van der Waals surface area contributed by atoms with Crippen molar-refractivity contribution in [1.29, 1.82) is 10.5 Å². The monoisotopic (exact) mass is 447 g/mol. The largest absolute Gasteiger partial charge is 0.496 e. The summed E-state index contributed by atoms with van der Waals surface area (Å²) >= 11 is 0.952. The van der Waals surface area contributed by atoms with Crippen LogP contribution < -0.4 is 4.74 Å². The summed E-state index contributed by atoms with van der Waals surface area (Å²) in [5.41, 5.74) is 0.00878. The molecule has 0 aliphatic heterocycles. The first-order chi connectivity index (χ1) is 14.6. The predicted octanol–water partition coefficient (Wildman–Crippen LogP) is 4.66. The molecule has 160 valence electrons. The first-order valence-electron chi connectivity index (χ1n) is 8.63. The number of nitrogens with zero attached hydrogens (tertiary/aromatic N) is 3. The van der Waals surface area contributed by atoms with Crippen LogP contribution in [0.5, 0.6) is 5.75 Å². The van der Waals surface area contributed by atoms with E-state index in [2.05, 4.69) is 9.72 Å². The number of carbonyl (C=O) groups is 1. The number of hydrogen-bond donors (Lipinski definition) is 0. The minimum absolute atomic E-state index is 0.0508. The maximum atomic E-state index is 13.1. The molecule has 0 unspecified atom stereocenters. The highest BCUT2D eigenvalue weighted by Crippen LogP contribution is 2.35. The van der Waals surface area contributed by atoms with E-state index in [4.69, 9.17) is 10.00 Å². The minimum Gasteiger partial charge on any atom is -0.496 e. The van der Waals surface area contributed by atoms with E-state index in [9.17, 15) is 23.2 Å². The zero-order valence-electron chi connectivity index (χ0n) is 16.7. The van der Waals surface area contributed by atoms with Crippen LogP contribution in [0.15, 0.2) is 34.9 Å². The first-order valence-corrected chi connectivity index (χ1v) is 9.61. The number of alkyl halides is 3. The lowest BCUT2D eigenvalue weighted by Crippen LogP contribution is -2.10. The number of rotatable bonds is 6. The molecule has 2 rings (SSSR count). The number of hydrogen-bond acceptors (Lipinski definition) is 7. The molecule has 0 radical (unpaired) electrons. The lowest BCUT2D eigenvalue weighted by atomic mass is 10.1. The van der Waals surface area contributed by atoms with Gasteiger partial charge < -0.3 is 9.47 Å². The third-order valence-corrected chi connectivity index (χ3v) is 5.12. The number of methoxy groups -OCH3 is 2. The number of ether oxygens (including phenoxy) is 2. The number of halogens is 3. The molecule has 0 N–H and O–H groups in total. The van der Waals surface area contributed by atoms with Crippen molar-refractivity contribution < 1.29 is 27.4 Å². The van der Waals surface area contributed by atoms with E-state index in [1.807, 2.05) is 6.07 Å². The molecule has 1 aromatic heterocycles. The van der Waals surface area contributed by atoms with Gasteiger partial charge in [0.05, 0.1) is 19.8 Å². The maximum Gasteiger partial charge on any atom is 0.433 e. The third kappa shape index (κ3) is 5.77. The van der Waals surface area contributed by atoms with Crippen LogP contribution in [0.25, 0.3) is 6.08 Å². The summed E-state index contributed by atoms with van der Waals surface area (Å²) in [6.07, 6.45) is -3.31. The van der Waals surface area contributed by atoms with Crippen molar-refractivity contribution in [1.82, 2.24) is 4.98 Å². The van der Waals surface area contributed by atoms with E-state index in [-0.39, 0.29) is 27.5 Å². The van der Waals surface area contributed by atoms with Crippen molar-refractivity contribution in [2.75, 3.05) is 14.2 Å². The van der Waals surface area contributed by atoms with Crippen LogP contribution >= 0.6 is 11.8 Å². The van der Waals surface area contributed by atoms with Crippen LogP contribution in [-0.2, 0) is 21.5 Å². The number of aryl methyl sites for hydroxylation is 1. The Morgan fingerprint density at radius 2 is 1.97 bits per heavy atom. The van der Waals surface area contributed by atoms with Gasteiger partial charge >= 0.3 is 12.1 Å². The van der Waals surface area contributed by atoms with E-state index in [1.54, 1.807) is 24.3 Å². The lowest BCUT2D eigenvalue weighted by Gasteiger charge is -2.13. The quantitative estimate of drug-likeness (QED) is 0.275. The van der Waals surface area contributed by atoms with Crippen molar-refractivity contribution in [3.8, 4) is 17.9 Å². The third-order valence-electron chi connectivity index (χ3n) is 4.09. The van der Waals surface area contributed by atoms with Crippen molar-refractivity contribution in [3.05, 3.63) is 57.8 Å². The average Bonchev–Trinajstić information content (AvgIpc) is 2.74. The summed E-state index contributed by atoms with van der Waals surface area (Å²) in [7, 11) is 2.59. The van der Waals surface area contributed by atoms with E-state index in [0.717, 1.165) is 24.9 Å². The molecule has 0 fully saturated rings. The molecule has 0 saturated heterocycles. The molecule has 0 amide bonds. The fraction of sp³-hybridized carbons (Fsp3) is 0.238. The van der Waals surface area contributed by atoms with Gasteiger partial charge in [0.15, 0.2) is 0 Å². The average molecular weight is 447 g/mol. The molecule has 10 heteroatoms. The van der Waals surface area contributed by atoms with Crippen molar-refractivity contribution in [2.24, 2.45) is 0 Å². The smallest absolute Gasteiger partial charge is 0.433 e. The number of nitriles is 2. The van der Waals surface area contributed by atoms with Crippen molar-refractivity contribution in [2.45, 2.75) is 23.9 Å². The number of esters is 1. The lowest BCUT2D eigenvalue weighted by molar-refractivity contribution is -0.141. The molecule has 0 saturated carbocycles. The van der Waals surface area contributed by atoms with Gasteiger partial charge in [-0.15, -0.1) is 11.8 Å². The number of pyridine rings is 1. The fourth-order valence-electron chi connectivity index (χ4n) is 2.59. The molecular weight excluding hydrogens is 431 g/mol. The second-order valence-corrected chi connectivity index (χ2v) is 7.10. The number of thioether (sulfide) groups is 1. The van der Waals surface area contributed by atoms with Crippen molar-refractivity contribution in [3.63, 3.8) is 0 Å². The second kappa shape index (κ2) is 10.0. The van der Waals surface area contributed by atoms with E-state index in [0.29, 0.717) is 16.9 Å². The van der Waals surface area contributed by atoms with Crippen LogP contribution in [0, 0.1) is 29.6 Å². The van der Waals surface area contributed by atoms with Gasteiger partial charge in [0.1, 0.15) is 34.2 Å². The highest BCUT2D eigenvalue weighted by atomic mass is 32.2. The van der Waals surface area contributed by atoms with Gasteiger partial charge in [-0.3, -0.25) is 0 Å². The van der Waals surface area contributed by atoms with E-state index >= 15 is 0 Å². The van der Waals surface area contributed by atoms with Crippen LogP contribution in [0.2, 0.25) is 0 Å². The Bertz CT molecular complexity index is 1120. The number of aromatic nitrogens is 1. The highest BCUT2D eigenvalue weighted by molar-refractivity contribution is 7.98. The molecule has 0 aliphatic carbocycles. The minimum atomic E-state index is -4.64. The van der Waals surface area contributed by atoms with Crippen LogP contribution in [0.1, 0.15) is 27.9 Å². The number of carbonyl (C=O) groups excluding carboxylic acids is 1. The van der Waals surface area contributed by atoms with E-state index < -0.39 is 17.8 Å². The summed E-state index contributed by atoms with van der Waals surface area (Å²) in [4.78, 5) is 15.2. The first kappa shape index (κ1) is 23.8. The maximum absolute atomic E-state index is 13.1. The Morgan fingerprint density at radius 1 is 1.26 bits per heavy atom.